The molecule has 0 radical (unpaired) electrons. The fraction of sp³-hybridized carbons (Fsp3) is 0.200. The van der Waals surface area contributed by atoms with Crippen molar-refractivity contribution in [3.05, 3.63) is 46.7 Å². The number of ether oxygens (including phenoxy) is 1. The van der Waals surface area contributed by atoms with Gasteiger partial charge in [0, 0.05) is 12.6 Å². The number of carbonyl (C=O) groups excluding carboxylic acids is 1. The van der Waals surface area contributed by atoms with Gasteiger partial charge in [-0.1, -0.05) is 29.3 Å². The molecule has 2 N–H and O–H groups in total. The largest absolute Gasteiger partial charge is 0.484 e. The number of sulfonamides is 1. The Morgan fingerprint density at radius 2 is 2.00 bits per heavy atom. The van der Waals surface area contributed by atoms with Gasteiger partial charge in [-0.15, -0.1) is 0 Å². The van der Waals surface area contributed by atoms with Crippen LogP contribution < -0.4 is 14.8 Å². The van der Waals surface area contributed by atoms with E-state index in [1.54, 1.807) is 19.1 Å². The van der Waals surface area contributed by atoms with Gasteiger partial charge in [-0.25, -0.2) is 13.4 Å². The minimum Gasteiger partial charge on any atom is -0.484 e. The number of nitrogens with zero attached hydrogens (tertiary/aromatic N) is 1. The van der Waals surface area contributed by atoms with Gasteiger partial charge < -0.3 is 10.1 Å². The van der Waals surface area contributed by atoms with E-state index in [9.17, 15) is 13.2 Å². The van der Waals surface area contributed by atoms with Crippen LogP contribution in [-0.2, 0) is 14.8 Å². The lowest BCUT2D eigenvalue weighted by atomic mass is 10.3. The molecule has 1 aromatic heterocycles. The monoisotopic (exact) mass is 403 g/mol. The van der Waals surface area contributed by atoms with Gasteiger partial charge in [-0.3, -0.25) is 9.52 Å². The Labute approximate surface area is 155 Å². The van der Waals surface area contributed by atoms with E-state index in [2.05, 4.69) is 15.0 Å². The Hall–Kier alpha value is -2.03. The molecule has 0 unspecified atom stereocenters. The van der Waals surface area contributed by atoms with Crippen LogP contribution >= 0.6 is 23.2 Å². The molecule has 7 nitrogen and oxygen atoms in total. The molecule has 0 saturated carbocycles. The first kappa shape index (κ1) is 19.3. The topological polar surface area (TPSA) is 97.4 Å². The van der Waals surface area contributed by atoms with Crippen molar-refractivity contribution in [1.82, 2.24) is 10.3 Å². The van der Waals surface area contributed by atoms with Gasteiger partial charge in [0.1, 0.15) is 15.8 Å². The highest BCUT2D eigenvalue weighted by Gasteiger charge is 2.19. The molecular formula is C15H15Cl2N3O4S. The predicted octanol–water partition coefficient (Wildman–Crippen LogP) is 2.70. The van der Waals surface area contributed by atoms with Crippen LogP contribution in [0.1, 0.15) is 6.92 Å². The van der Waals surface area contributed by atoms with Gasteiger partial charge in [0.15, 0.2) is 11.8 Å². The maximum absolute atomic E-state index is 12.4. The van der Waals surface area contributed by atoms with Crippen molar-refractivity contribution in [2.24, 2.45) is 0 Å². The second-order valence-electron chi connectivity index (χ2n) is 4.80. The van der Waals surface area contributed by atoms with Gasteiger partial charge in [0.25, 0.3) is 15.9 Å². The van der Waals surface area contributed by atoms with Crippen molar-refractivity contribution in [3.8, 4) is 5.75 Å². The van der Waals surface area contributed by atoms with E-state index in [-0.39, 0.29) is 33.4 Å². The maximum atomic E-state index is 12.4. The third-order valence-corrected chi connectivity index (χ3v) is 4.92. The summed E-state index contributed by atoms with van der Waals surface area (Å²) in [7, 11) is -3.96. The van der Waals surface area contributed by atoms with Crippen molar-refractivity contribution in [2.75, 3.05) is 17.9 Å². The molecule has 0 aliphatic rings. The third kappa shape index (κ3) is 5.48. The molecular weight excluding hydrogens is 389 g/mol. The average molecular weight is 404 g/mol. The van der Waals surface area contributed by atoms with Crippen LogP contribution in [0.3, 0.4) is 0 Å². The smallest absolute Gasteiger partial charge is 0.264 e. The second kappa shape index (κ2) is 8.37. The molecule has 0 atom stereocenters. The first-order valence-corrected chi connectivity index (χ1v) is 9.40. The maximum Gasteiger partial charge on any atom is 0.264 e. The lowest BCUT2D eigenvalue weighted by molar-refractivity contribution is -0.122. The highest BCUT2D eigenvalue weighted by Crippen LogP contribution is 2.25. The molecule has 25 heavy (non-hydrogen) atoms. The normalized spacial score (nSPS) is 11.0. The van der Waals surface area contributed by atoms with E-state index in [0.717, 1.165) is 0 Å². The third-order valence-electron chi connectivity index (χ3n) is 2.90. The quantitative estimate of drug-likeness (QED) is 0.692. The number of hydrogen-bond acceptors (Lipinski definition) is 5. The Bertz CT molecular complexity index is 875. The fourth-order valence-corrected chi connectivity index (χ4v) is 3.57. The number of rotatable bonds is 7. The first-order valence-electron chi connectivity index (χ1n) is 7.16. The molecule has 2 rings (SSSR count). The van der Waals surface area contributed by atoms with Crippen molar-refractivity contribution in [3.63, 3.8) is 0 Å². The van der Waals surface area contributed by atoms with E-state index in [1.165, 1.54) is 24.3 Å². The fourth-order valence-electron chi connectivity index (χ4n) is 1.86. The van der Waals surface area contributed by atoms with Gasteiger partial charge in [0.05, 0.1) is 5.69 Å². The van der Waals surface area contributed by atoms with Crippen molar-refractivity contribution in [2.45, 2.75) is 11.8 Å². The number of anilines is 1. The SMILES string of the molecule is CCNC(=O)COc1cccc(NS(=O)(=O)c2ccc(Cl)nc2Cl)c1. The van der Waals surface area contributed by atoms with Crippen LogP contribution in [0.4, 0.5) is 5.69 Å². The predicted molar refractivity (Wildman–Crippen MR) is 95.7 cm³/mol. The van der Waals surface area contributed by atoms with Gasteiger partial charge in [-0.05, 0) is 31.2 Å². The summed E-state index contributed by atoms with van der Waals surface area (Å²) in [5.74, 6) is 0.0688. The number of benzene rings is 1. The number of nitrogens with one attached hydrogen (secondary N) is 2. The average Bonchev–Trinajstić information content (AvgIpc) is 2.53. The Morgan fingerprint density at radius 3 is 2.68 bits per heavy atom. The Morgan fingerprint density at radius 1 is 1.24 bits per heavy atom. The molecule has 0 aliphatic heterocycles. The Balaban J connectivity index is 2.14. The van der Waals surface area contributed by atoms with Gasteiger partial charge in [0.2, 0.25) is 0 Å². The molecule has 10 heteroatoms. The van der Waals surface area contributed by atoms with E-state index in [0.29, 0.717) is 12.3 Å². The molecule has 0 spiro atoms. The summed E-state index contributed by atoms with van der Waals surface area (Å²) in [6.45, 7) is 2.12. The number of carbonyl (C=O) groups is 1. The van der Waals surface area contributed by atoms with Crippen LogP contribution in [0.2, 0.25) is 10.3 Å². The number of amides is 1. The molecule has 2 aromatic rings. The van der Waals surface area contributed by atoms with Crippen LogP contribution in [0.5, 0.6) is 5.75 Å². The Kier molecular flexibility index (Phi) is 6.46. The molecule has 0 saturated heterocycles. The number of aromatic nitrogens is 1. The summed E-state index contributed by atoms with van der Waals surface area (Å²) >= 11 is 11.5. The van der Waals surface area contributed by atoms with E-state index in [1.807, 2.05) is 0 Å². The molecule has 0 bridgehead atoms. The van der Waals surface area contributed by atoms with Crippen LogP contribution in [0.15, 0.2) is 41.3 Å². The zero-order valence-electron chi connectivity index (χ0n) is 13.1. The van der Waals surface area contributed by atoms with Crippen LogP contribution in [-0.4, -0.2) is 32.5 Å². The zero-order valence-corrected chi connectivity index (χ0v) is 15.5. The van der Waals surface area contributed by atoms with Crippen molar-refractivity contribution < 1.29 is 17.9 Å². The second-order valence-corrected chi connectivity index (χ2v) is 7.19. The molecule has 0 fully saturated rings. The van der Waals surface area contributed by atoms with Crippen molar-refractivity contribution in [1.29, 1.82) is 0 Å². The molecule has 0 aliphatic carbocycles. The summed E-state index contributed by atoms with van der Waals surface area (Å²) in [5.41, 5.74) is 0.249. The van der Waals surface area contributed by atoms with E-state index >= 15 is 0 Å². The van der Waals surface area contributed by atoms with Crippen LogP contribution in [0, 0.1) is 0 Å². The van der Waals surface area contributed by atoms with Gasteiger partial charge >= 0.3 is 0 Å². The first-order chi connectivity index (χ1) is 11.8. The number of likely N-dealkylation sites (N-methyl/N-ethyl adjacent to an activating group) is 1. The lowest BCUT2D eigenvalue weighted by Gasteiger charge is -2.11. The minimum absolute atomic E-state index is 0.0877. The molecule has 1 aromatic carbocycles. The summed E-state index contributed by atoms with van der Waals surface area (Å²) < 4.78 is 32.5. The summed E-state index contributed by atoms with van der Waals surface area (Å²) in [4.78, 5) is 14.9. The highest BCUT2D eigenvalue weighted by atomic mass is 35.5. The number of pyridine rings is 1. The number of hydrogen-bond donors (Lipinski definition) is 2. The van der Waals surface area contributed by atoms with E-state index < -0.39 is 10.0 Å². The van der Waals surface area contributed by atoms with Crippen molar-refractivity contribution >= 4 is 44.8 Å². The standard InChI is InChI=1S/C15H15Cl2N3O4S/c1-2-18-14(21)9-24-11-5-3-4-10(8-11)20-25(22,23)12-6-7-13(16)19-15(12)17/h3-8,20H,2,9H2,1H3,(H,18,21). The zero-order chi connectivity index (χ0) is 18.4. The highest BCUT2D eigenvalue weighted by molar-refractivity contribution is 7.92. The summed E-state index contributed by atoms with van der Waals surface area (Å²) in [6.07, 6.45) is 0. The molecule has 134 valence electrons. The van der Waals surface area contributed by atoms with E-state index in [4.69, 9.17) is 27.9 Å². The molecule has 1 amide bonds. The number of halogens is 2. The summed E-state index contributed by atoms with van der Waals surface area (Å²) in [6, 6.07) is 8.77. The minimum atomic E-state index is -3.96. The lowest BCUT2D eigenvalue weighted by Crippen LogP contribution is -2.28. The van der Waals surface area contributed by atoms with Crippen LogP contribution in [0.25, 0.3) is 0 Å². The molecule has 1 heterocycles. The van der Waals surface area contributed by atoms with Gasteiger partial charge in [-0.2, -0.15) is 0 Å². The summed E-state index contributed by atoms with van der Waals surface area (Å²) in [5, 5.41) is 2.45.